The van der Waals surface area contributed by atoms with E-state index in [2.05, 4.69) is 10.6 Å². The number of halogens is 2. The van der Waals surface area contributed by atoms with Crippen LogP contribution in [0, 0.1) is 11.6 Å². The molecule has 1 aromatic carbocycles. The van der Waals surface area contributed by atoms with Crippen LogP contribution in [-0.4, -0.2) is 54.8 Å². The van der Waals surface area contributed by atoms with Gasteiger partial charge in [-0.25, -0.2) is 8.78 Å². The molecule has 3 aliphatic heterocycles. The smallest absolute Gasteiger partial charge is 0.258 e. The van der Waals surface area contributed by atoms with Gasteiger partial charge in [-0.3, -0.25) is 19.7 Å². The number of amides is 3. The standard InChI is InChI=1S/C17H18F2N4O3/c18-14-11(22-5-3-20-4-6-22)7-9-8-23(17(26)13(9)15(14)19)10-1-2-12(24)21-16(10)25/h7,10,20H,1-6,8H2,(H,21,24,25). The van der Waals surface area contributed by atoms with E-state index in [1.807, 2.05) is 0 Å². The SMILES string of the molecule is O=C1CCC(N2Cc3cc(N4CCNCC4)c(F)c(F)c3C2=O)C(=O)N1. The summed E-state index contributed by atoms with van der Waals surface area (Å²) in [4.78, 5) is 38.9. The maximum absolute atomic E-state index is 14.6. The van der Waals surface area contributed by atoms with E-state index in [4.69, 9.17) is 0 Å². The first-order valence-electron chi connectivity index (χ1n) is 8.58. The van der Waals surface area contributed by atoms with E-state index in [1.54, 1.807) is 4.90 Å². The summed E-state index contributed by atoms with van der Waals surface area (Å²) in [5.41, 5.74) is 0.193. The fourth-order valence-corrected chi connectivity index (χ4v) is 3.79. The summed E-state index contributed by atoms with van der Waals surface area (Å²) in [7, 11) is 0. The molecule has 0 saturated carbocycles. The molecule has 1 unspecified atom stereocenters. The number of imide groups is 1. The van der Waals surface area contributed by atoms with Crippen LogP contribution in [0.5, 0.6) is 0 Å². The molecule has 0 radical (unpaired) electrons. The topological polar surface area (TPSA) is 81.8 Å². The third-order valence-corrected chi connectivity index (χ3v) is 5.13. The highest BCUT2D eigenvalue weighted by molar-refractivity contribution is 6.05. The number of carbonyl (C=O) groups excluding carboxylic acids is 3. The summed E-state index contributed by atoms with van der Waals surface area (Å²) >= 11 is 0. The van der Waals surface area contributed by atoms with Crippen molar-refractivity contribution >= 4 is 23.4 Å². The van der Waals surface area contributed by atoms with Crippen molar-refractivity contribution in [3.8, 4) is 0 Å². The van der Waals surface area contributed by atoms with Crippen molar-refractivity contribution in [2.24, 2.45) is 0 Å². The highest BCUT2D eigenvalue weighted by Crippen LogP contribution is 2.35. The van der Waals surface area contributed by atoms with E-state index in [-0.39, 0.29) is 30.6 Å². The zero-order chi connectivity index (χ0) is 18.4. The van der Waals surface area contributed by atoms with Gasteiger partial charge < -0.3 is 15.1 Å². The van der Waals surface area contributed by atoms with Crippen LogP contribution in [0.3, 0.4) is 0 Å². The zero-order valence-corrected chi connectivity index (χ0v) is 14.0. The first-order valence-corrected chi connectivity index (χ1v) is 8.58. The Hall–Kier alpha value is -2.55. The van der Waals surface area contributed by atoms with Crippen molar-refractivity contribution in [3.63, 3.8) is 0 Å². The molecule has 0 bridgehead atoms. The van der Waals surface area contributed by atoms with E-state index in [0.717, 1.165) is 0 Å². The molecule has 26 heavy (non-hydrogen) atoms. The number of nitrogens with zero attached hydrogens (tertiary/aromatic N) is 2. The van der Waals surface area contributed by atoms with Gasteiger partial charge in [-0.1, -0.05) is 0 Å². The number of piperazine rings is 1. The summed E-state index contributed by atoms with van der Waals surface area (Å²) < 4.78 is 29.2. The molecular weight excluding hydrogens is 346 g/mol. The lowest BCUT2D eigenvalue weighted by molar-refractivity contribution is -0.136. The average Bonchev–Trinajstić information content (AvgIpc) is 2.95. The monoisotopic (exact) mass is 364 g/mol. The number of anilines is 1. The first kappa shape index (κ1) is 16.9. The predicted octanol–water partition coefficient (Wildman–Crippen LogP) is 0.135. The first-order chi connectivity index (χ1) is 12.5. The number of nitrogens with one attached hydrogen (secondary N) is 2. The Morgan fingerprint density at radius 2 is 1.81 bits per heavy atom. The molecule has 1 aromatic rings. The van der Waals surface area contributed by atoms with E-state index in [9.17, 15) is 23.2 Å². The second kappa shape index (κ2) is 6.31. The van der Waals surface area contributed by atoms with Gasteiger partial charge in [0, 0.05) is 39.1 Å². The van der Waals surface area contributed by atoms with Gasteiger partial charge in [-0.15, -0.1) is 0 Å². The Balaban J connectivity index is 1.66. The van der Waals surface area contributed by atoms with Crippen molar-refractivity contribution in [2.45, 2.75) is 25.4 Å². The van der Waals surface area contributed by atoms with Crippen LogP contribution in [0.4, 0.5) is 14.5 Å². The van der Waals surface area contributed by atoms with Crippen molar-refractivity contribution in [1.82, 2.24) is 15.5 Å². The summed E-state index contributed by atoms with van der Waals surface area (Å²) in [5, 5.41) is 5.33. The van der Waals surface area contributed by atoms with E-state index >= 15 is 0 Å². The maximum Gasteiger partial charge on any atom is 0.258 e. The molecule has 7 nitrogen and oxygen atoms in total. The van der Waals surface area contributed by atoms with Gasteiger partial charge in [-0.05, 0) is 18.1 Å². The Morgan fingerprint density at radius 1 is 1.08 bits per heavy atom. The number of benzene rings is 1. The number of piperidine rings is 1. The molecule has 1 atom stereocenters. The maximum atomic E-state index is 14.6. The van der Waals surface area contributed by atoms with Gasteiger partial charge in [0.05, 0.1) is 11.3 Å². The number of hydrogen-bond acceptors (Lipinski definition) is 5. The van der Waals surface area contributed by atoms with Crippen molar-refractivity contribution < 1.29 is 23.2 Å². The summed E-state index contributed by atoms with van der Waals surface area (Å²) in [6.07, 6.45) is 0.290. The zero-order valence-electron chi connectivity index (χ0n) is 14.0. The van der Waals surface area contributed by atoms with Crippen LogP contribution in [0.15, 0.2) is 6.07 Å². The highest BCUT2D eigenvalue weighted by atomic mass is 19.2. The Kier molecular flexibility index (Phi) is 4.10. The molecular formula is C17H18F2N4O3. The number of carbonyl (C=O) groups is 3. The molecule has 2 N–H and O–H groups in total. The number of fused-ring (bicyclic) bond motifs is 1. The fourth-order valence-electron chi connectivity index (χ4n) is 3.79. The molecule has 4 rings (SSSR count). The number of hydrogen-bond donors (Lipinski definition) is 2. The predicted molar refractivity (Wildman–Crippen MR) is 87.5 cm³/mol. The minimum absolute atomic E-state index is 0.0245. The van der Waals surface area contributed by atoms with Gasteiger partial charge in [0.2, 0.25) is 11.8 Å². The van der Waals surface area contributed by atoms with Crippen LogP contribution in [0.25, 0.3) is 0 Å². The summed E-state index contributed by atoms with van der Waals surface area (Å²) in [5.74, 6) is -3.89. The summed E-state index contributed by atoms with van der Waals surface area (Å²) in [6.45, 7) is 2.44. The lowest BCUT2D eigenvalue weighted by atomic mass is 10.0. The van der Waals surface area contributed by atoms with E-state index < -0.39 is 35.4 Å². The lowest BCUT2D eigenvalue weighted by Crippen LogP contribution is -2.52. The molecule has 0 aromatic heterocycles. The minimum atomic E-state index is -1.17. The van der Waals surface area contributed by atoms with Crippen molar-refractivity contribution in [3.05, 3.63) is 28.8 Å². The molecule has 0 spiro atoms. The lowest BCUT2D eigenvalue weighted by Gasteiger charge is -2.30. The van der Waals surface area contributed by atoms with Gasteiger partial charge in [-0.2, -0.15) is 0 Å². The minimum Gasteiger partial charge on any atom is -0.367 e. The molecule has 2 saturated heterocycles. The second-order valence-corrected chi connectivity index (χ2v) is 6.69. The van der Waals surface area contributed by atoms with Crippen LogP contribution in [0.2, 0.25) is 0 Å². The number of rotatable bonds is 2. The Labute approximate surface area is 148 Å². The molecule has 9 heteroatoms. The van der Waals surface area contributed by atoms with E-state index in [1.165, 1.54) is 11.0 Å². The van der Waals surface area contributed by atoms with Crippen LogP contribution in [0.1, 0.15) is 28.8 Å². The molecule has 0 aliphatic carbocycles. The fraction of sp³-hybridized carbons (Fsp3) is 0.471. The average molecular weight is 364 g/mol. The normalized spacial score (nSPS) is 23.3. The van der Waals surface area contributed by atoms with Crippen molar-refractivity contribution in [1.29, 1.82) is 0 Å². The highest BCUT2D eigenvalue weighted by Gasteiger charge is 2.42. The second-order valence-electron chi connectivity index (χ2n) is 6.69. The van der Waals surface area contributed by atoms with Gasteiger partial charge >= 0.3 is 0 Å². The summed E-state index contributed by atoms with van der Waals surface area (Å²) in [6, 6.07) is 0.653. The molecule has 3 amide bonds. The molecule has 3 heterocycles. The van der Waals surface area contributed by atoms with Gasteiger partial charge in [0.1, 0.15) is 6.04 Å². The van der Waals surface area contributed by atoms with Gasteiger partial charge in [0.15, 0.2) is 11.6 Å². The third kappa shape index (κ3) is 2.63. The Bertz CT molecular complexity index is 808. The largest absolute Gasteiger partial charge is 0.367 e. The quantitative estimate of drug-likeness (QED) is 0.730. The van der Waals surface area contributed by atoms with Crippen molar-refractivity contribution in [2.75, 3.05) is 31.1 Å². The van der Waals surface area contributed by atoms with Crippen LogP contribution >= 0.6 is 0 Å². The molecule has 138 valence electrons. The third-order valence-electron chi connectivity index (χ3n) is 5.13. The molecule has 3 aliphatic rings. The molecule has 2 fully saturated rings. The van der Waals surface area contributed by atoms with E-state index in [0.29, 0.717) is 31.7 Å². The van der Waals surface area contributed by atoms with Gasteiger partial charge in [0.25, 0.3) is 5.91 Å². The van der Waals surface area contributed by atoms with Crippen LogP contribution < -0.4 is 15.5 Å². The Morgan fingerprint density at radius 3 is 2.50 bits per heavy atom. The van der Waals surface area contributed by atoms with Crippen LogP contribution in [-0.2, 0) is 16.1 Å².